The maximum Gasteiger partial charge on any atom is 0.246 e. The lowest BCUT2D eigenvalue weighted by Gasteiger charge is -2.10. The van der Waals surface area contributed by atoms with Crippen molar-refractivity contribution >= 4 is 10.8 Å². The summed E-state index contributed by atoms with van der Waals surface area (Å²) in [6.07, 6.45) is 0. The summed E-state index contributed by atoms with van der Waals surface area (Å²) in [7, 11) is 0. The third-order valence-electron chi connectivity index (χ3n) is 2.98. The van der Waals surface area contributed by atoms with Crippen LogP contribution in [0.4, 0.5) is 0 Å². The molecule has 0 atom stereocenters. The Morgan fingerprint density at radius 2 is 1.79 bits per heavy atom. The number of hydrogen-bond donors (Lipinski definition) is 1. The Kier molecular flexibility index (Phi) is 2.61. The molecule has 1 aromatic heterocycles. The number of rotatable bonds is 2. The maximum atomic E-state index is 5.94. The van der Waals surface area contributed by atoms with Gasteiger partial charge in [-0.1, -0.05) is 41.6 Å². The van der Waals surface area contributed by atoms with Crippen molar-refractivity contribution in [1.82, 2.24) is 10.1 Å². The van der Waals surface area contributed by atoms with Crippen molar-refractivity contribution in [3.05, 3.63) is 48.4 Å². The lowest BCUT2D eigenvalue weighted by molar-refractivity contribution is 0.312. The topological polar surface area (TPSA) is 64.9 Å². The largest absolute Gasteiger partial charge is 0.337 e. The van der Waals surface area contributed by atoms with Gasteiger partial charge in [0.05, 0.1) is 5.54 Å². The summed E-state index contributed by atoms with van der Waals surface area (Å²) < 4.78 is 5.21. The Labute approximate surface area is 111 Å². The van der Waals surface area contributed by atoms with E-state index in [0.29, 0.717) is 11.7 Å². The molecule has 19 heavy (non-hydrogen) atoms. The van der Waals surface area contributed by atoms with Crippen molar-refractivity contribution < 1.29 is 4.52 Å². The molecule has 2 aromatic carbocycles. The van der Waals surface area contributed by atoms with Gasteiger partial charge in [-0.2, -0.15) is 4.98 Å². The molecule has 3 rings (SSSR count). The second-order valence-corrected chi connectivity index (χ2v) is 5.21. The molecular weight excluding hydrogens is 238 g/mol. The van der Waals surface area contributed by atoms with E-state index >= 15 is 0 Å². The minimum absolute atomic E-state index is 0.440. The number of aromatic nitrogens is 2. The van der Waals surface area contributed by atoms with E-state index in [1.54, 1.807) is 0 Å². The minimum Gasteiger partial charge on any atom is -0.337 e. The SMILES string of the molecule is CC(C)(N)c1nc(-c2ccc3ccccc3c2)no1. The second-order valence-electron chi connectivity index (χ2n) is 5.21. The van der Waals surface area contributed by atoms with Crippen molar-refractivity contribution in [1.29, 1.82) is 0 Å². The quantitative estimate of drug-likeness (QED) is 0.762. The predicted octanol–water partition coefficient (Wildman–Crippen LogP) is 3.08. The molecule has 0 aliphatic rings. The Balaban J connectivity index is 2.07. The smallest absolute Gasteiger partial charge is 0.246 e. The first-order valence-corrected chi connectivity index (χ1v) is 6.16. The first-order chi connectivity index (χ1) is 9.04. The minimum atomic E-state index is -0.623. The van der Waals surface area contributed by atoms with Gasteiger partial charge in [-0.25, -0.2) is 0 Å². The Hall–Kier alpha value is -2.20. The molecule has 2 N–H and O–H groups in total. The monoisotopic (exact) mass is 253 g/mol. The highest BCUT2D eigenvalue weighted by atomic mass is 16.5. The van der Waals surface area contributed by atoms with Gasteiger partial charge in [-0.3, -0.25) is 0 Å². The van der Waals surface area contributed by atoms with Crippen LogP contribution in [0.1, 0.15) is 19.7 Å². The fraction of sp³-hybridized carbons (Fsp3) is 0.200. The highest BCUT2D eigenvalue weighted by Crippen LogP contribution is 2.24. The molecule has 0 spiro atoms. The zero-order chi connectivity index (χ0) is 13.5. The first kappa shape index (κ1) is 11.9. The number of benzene rings is 2. The Morgan fingerprint density at radius 1 is 1.05 bits per heavy atom. The van der Waals surface area contributed by atoms with Gasteiger partial charge in [0.2, 0.25) is 11.7 Å². The molecule has 4 heteroatoms. The molecule has 0 fully saturated rings. The van der Waals surface area contributed by atoms with Crippen molar-refractivity contribution in [3.8, 4) is 11.4 Å². The third kappa shape index (κ3) is 2.22. The van der Waals surface area contributed by atoms with E-state index in [4.69, 9.17) is 10.3 Å². The van der Waals surface area contributed by atoms with E-state index in [0.717, 1.165) is 10.9 Å². The molecule has 0 aliphatic carbocycles. The molecule has 0 saturated carbocycles. The van der Waals surface area contributed by atoms with E-state index in [-0.39, 0.29) is 0 Å². The van der Waals surface area contributed by atoms with E-state index in [1.807, 2.05) is 44.2 Å². The molecule has 96 valence electrons. The average molecular weight is 253 g/mol. The van der Waals surface area contributed by atoms with Crippen molar-refractivity contribution in [2.45, 2.75) is 19.4 Å². The van der Waals surface area contributed by atoms with Crippen LogP contribution >= 0.6 is 0 Å². The van der Waals surface area contributed by atoms with Crippen LogP contribution in [0.2, 0.25) is 0 Å². The van der Waals surface area contributed by atoms with Gasteiger partial charge >= 0.3 is 0 Å². The number of hydrogen-bond acceptors (Lipinski definition) is 4. The van der Waals surface area contributed by atoms with Gasteiger partial charge in [0, 0.05) is 5.56 Å². The molecule has 0 amide bonds. The Bertz CT molecular complexity index is 725. The maximum absolute atomic E-state index is 5.94. The number of nitrogens with two attached hydrogens (primary N) is 1. The van der Waals surface area contributed by atoms with Crippen molar-refractivity contribution in [2.24, 2.45) is 5.73 Å². The summed E-state index contributed by atoms with van der Waals surface area (Å²) in [5.74, 6) is 1.01. The van der Waals surface area contributed by atoms with Crippen LogP contribution in [-0.4, -0.2) is 10.1 Å². The fourth-order valence-corrected chi connectivity index (χ4v) is 1.93. The fourth-order valence-electron chi connectivity index (χ4n) is 1.93. The van der Waals surface area contributed by atoms with Gasteiger partial charge in [-0.05, 0) is 30.7 Å². The highest BCUT2D eigenvalue weighted by molar-refractivity contribution is 5.86. The lowest BCUT2D eigenvalue weighted by atomic mass is 10.1. The molecule has 1 heterocycles. The van der Waals surface area contributed by atoms with Gasteiger partial charge in [0.15, 0.2) is 0 Å². The van der Waals surface area contributed by atoms with Gasteiger partial charge < -0.3 is 10.3 Å². The summed E-state index contributed by atoms with van der Waals surface area (Å²) in [5, 5.41) is 6.33. The van der Waals surface area contributed by atoms with Gasteiger partial charge in [0.1, 0.15) is 0 Å². The predicted molar refractivity (Wildman–Crippen MR) is 74.5 cm³/mol. The normalized spacial score (nSPS) is 11.9. The molecule has 4 nitrogen and oxygen atoms in total. The number of fused-ring (bicyclic) bond motifs is 1. The molecule has 0 bridgehead atoms. The van der Waals surface area contributed by atoms with Gasteiger partial charge in [0.25, 0.3) is 0 Å². The lowest BCUT2D eigenvalue weighted by Crippen LogP contribution is -2.28. The summed E-state index contributed by atoms with van der Waals surface area (Å²) in [6, 6.07) is 14.3. The summed E-state index contributed by atoms with van der Waals surface area (Å²) >= 11 is 0. The molecule has 0 radical (unpaired) electrons. The van der Waals surface area contributed by atoms with E-state index in [9.17, 15) is 0 Å². The average Bonchev–Trinajstić information content (AvgIpc) is 2.87. The zero-order valence-corrected chi connectivity index (χ0v) is 10.9. The Morgan fingerprint density at radius 3 is 2.47 bits per heavy atom. The van der Waals surface area contributed by atoms with E-state index in [2.05, 4.69) is 22.3 Å². The van der Waals surface area contributed by atoms with Gasteiger partial charge in [-0.15, -0.1) is 0 Å². The van der Waals surface area contributed by atoms with Crippen LogP contribution in [0, 0.1) is 0 Å². The molecule has 0 aliphatic heterocycles. The summed E-state index contributed by atoms with van der Waals surface area (Å²) in [5.41, 5.74) is 6.25. The standard InChI is InChI=1S/C15H15N3O/c1-15(2,16)14-17-13(18-19-14)12-8-7-10-5-3-4-6-11(10)9-12/h3-9H,16H2,1-2H3. The second kappa shape index (κ2) is 4.17. The zero-order valence-electron chi connectivity index (χ0n) is 10.9. The summed E-state index contributed by atoms with van der Waals surface area (Å²) in [4.78, 5) is 4.36. The van der Waals surface area contributed by atoms with Crippen LogP contribution in [0.3, 0.4) is 0 Å². The molecule has 0 saturated heterocycles. The van der Waals surface area contributed by atoms with E-state index in [1.165, 1.54) is 5.39 Å². The highest BCUT2D eigenvalue weighted by Gasteiger charge is 2.22. The van der Waals surface area contributed by atoms with Crippen molar-refractivity contribution in [3.63, 3.8) is 0 Å². The molecular formula is C15H15N3O. The van der Waals surface area contributed by atoms with E-state index < -0.39 is 5.54 Å². The van der Waals surface area contributed by atoms with Crippen LogP contribution in [0.5, 0.6) is 0 Å². The van der Waals surface area contributed by atoms with Crippen LogP contribution in [0.25, 0.3) is 22.2 Å². The molecule has 3 aromatic rings. The summed E-state index contributed by atoms with van der Waals surface area (Å²) in [6.45, 7) is 3.68. The third-order valence-corrected chi connectivity index (χ3v) is 2.98. The van der Waals surface area contributed by atoms with Crippen LogP contribution < -0.4 is 5.73 Å². The van der Waals surface area contributed by atoms with Crippen LogP contribution in [-0.2, 0) is 5.54 Å². The first-order valence-electron chi connectivity index (χ1n) is 6.16. The number of nitrogens with zero attached hydrogens (tertiary/aromatic N) is 2. The van der Waals surface area contributed by atoms with Crippen LogP contribution in [0.15, 0.2) is 47.0 Å². The molecule has 0 unspecified atom stereocenters. The van der Waals surface area contributed by atoms with Crippen molar-refractivity contribution in [2.75, 3.05) is 0 Å².